The third kappa shape index (κ3) is 4.03. The van der Waals surface area contributed by atoms with E-state index in [1.807, 2.05) is 6.92 Å². The number of ether oxygens (including phenoxy) is 1. The molecule has 0 aliphatic carbocycles. The van der Waals surface area contributed by atoms with Gasteiger partial charge in [-0.05, 0) is 38.1 Å². The van der Waals surface area contributed by atoms with Gasteiger partial charge >= 0.3 is 5.69 Å². The molecular formula is C19H21N5O4. The minimum absolute atomic E-state index is 0.0434. The zero-order valence-corrected chi connectivity index (χ0v) is 15.6. The van der Waals surface area contributed by atoms with Crippen molar-refractivity contribution in [2.75, 3.05) is 13.2 Å². The summed E-state index contributed by atoms with van der Waals surface area (Å²) in [5.41, 5.74) is 0.173. The average Bonchev–Trinajstić information content (AvgIpc) is 3.16. The number of rotatable bonds is 7. The number of benzene rings is 1. The van der Waals surface area contributed by atoms with Crippen LogP contribution in [0.4, 0.5) is 0 Å². The number of aromatic nitrogens is 4. The van der Waals surface area contributed by atoms with Crippen LogP contribution in [-0.2, 0) is 6.42 Å². The van der Waals surface area contributed by atoms with Gasteiger partial charge in [-0.3, -0.25) is 14.8 Å². The van der Waals surface area contributed by atoms with Gasteiger partial charge < -0.3 is 14.8 Å². The monoisotopic (exact) mass is 383 g/mol. The van der Waals surface area contributed by atoms with E-state index >= 15 is 0 Å². The summed E-state index contributed by atoms with van der Waals surface area (Å²) in [6.45, 7) is 4.40. The number of aliphatic imine (C=N–C) groups is 1. The molecule has 3 N–H and O–H groups in total. The molecule has 0 atom stereocenters. The first-order chi connectivity index (χ1) is 13.5. The van der Waals surface area contributed by atoms with E-state index in [4.69, 9.17) is 4.74 Å². The number of nitrogens with zero attached hydrogens (tertiary/aromatic N) is 3. The number of H-pyrrole nitrogens is 2. The summed E-state index contributed by atoms with van der Waals surface area (Å²) in [5.74, 6) is 0.181. The van der Waals surface area contributed by atoms with Crippen molar-refractivity contribution in [1.29, 1.82) is 0 Å². The molecule has 0 aliphatic rings. The summed E-state index contributed by atoms with van der Waals surface area (Å²) in [6.07, 6.45) is 3.88. The Hall–Kier alpha value is -3.62. The Kier molecular flexibility index (Phi) is 5.73. The third-order valence-corrected chi connectivity index (χ3v) is 4.14. The fourth-order valence-corrected chi connectivity index (χ4v) is 2.79. The number of aromatic hydroxyl groups is 1. The summed E-state index contributed by atoms with van der Waals surface area (Å²) < 4.78 is 6.41. The number of aromatic amines is 2. The van der Waals surface area contributed by atoms with Gasteiger partial charge in [-0.15, -0.1) is 0 Å². The second-order valence-electron chi connectivity index (χ2n) is 6.01. The lowest BCUT2D eigenvalue weighted by molar-refractivity contribution is 0.340. The van der Waals surface area contributed by atoms with Crippen molar-refractivity contribution >= 4 is 5.71 Å². The molecule has 3 rings (SSSR count). The molecule has 0 saturated heterocycles. The second kappa shape index (κ2) is 8.38. The molecule has 9 nitrogen and oxygen atoms in total. The van der Waals surface area contributed by atoms with Gasteiger partial charge in [0.05, 0.1) is 18.6 Å². The number of hydrogen-bond donors (Lipinski definition) is 3. The first-order valence-corrected chi connectivity index (χ1v) is 8.81. The highest BCUT2D eigenvalue weighted by molar-refractivity contribution is 6.00. The van der Waals surface area contributed by atoms with Crippen LogP contribution < -0.4 is 16.0 Å². The van der Waals surface area contributed by atoms with Crippen LogP contribution in [0.3, 0.4) is 0 Å². The molecular weight excluding hydrogens is 362 g/mol. The summed E-state index contributed by atoms with van der Waals surface area (Å²) in [5, 5.41) is 10.6. The van der Waals surface area contributed by atoms with Crippen LogP contribution in [0.2, 0.25) is 0 Å². The maximum absolute atomic E-state index is 12.3. The van der Waals surface area contributed by atoms with E-state index in [1.54, 1.807) is 43.7 Å². The van der Waals surface area contributed by atoms with Crippen molar-refractivity contribution < 1.29 is 9.84 Å². The Morgan fingerprint density at radius 1 is 1.29 bits per heavy atom. The first kappa shape index (κ1) is 19.2. The van der Waals surface area contributed by atoms with E-state index < -0.39 is 17.1 Å². The molecule has 0 amide bonds. The van der Waals surface area contributed by atoms with Gasteiger partial charge in [0.25, 0.3) is 5.56 Å². The van der Waals surface area contributed by atoms with Crippen molar-refractivity contribution in [1.82, 2.24) is 19.5 Å². The van der Waals surface area contributed by atoms with E-state index in [0.29, 0.717) is 36.7 Å². The minimum Gasteiger partial charge on any atom is -0.494 e. The maximum atomic E-state index is 12.3. The maximum Gasteiger partial charge on any atom is 0.335 e. The Bertz CT molecular complexity index is 1080. The normalized spacial score (nSPS) is 11.6. The average molecular weight is 383 g/mol. The van der Waals surface area contributed by atoms with Crippen LogP contribution in [0.15, 0.2) is 51.4 Å². The Morgan fingerprint density at radius 3 is 2.68 bits per heavy atom. The molecule has 0 saturated carbocycles. The van der Waals surface area contributed by atoms with Crippen LogP contribution in [-0.4, -0.2) is 43.5 Å². The van der Waals surface area contributed by atoms with Crippen molar-refractivity contribution in [3.05, 3.63) is 68.9 Å². The Balaban J connectivity index is 1.95. The molecule has 0 spiro atoms. The lowest BCUT2D eigenvalue weighted by atomic mass is 10.2. The molecule has 28 heavy (non-hydrogen) atoms. The fourth-order valence-electron chi connectivity index (χ4n) is 2.79. The van der Waals surface area contributed by atoms with Crippen LogP contribution in [0, 0.1) is 0 Å². The molecule has 0 aliphatic heterocycles. The van der Waals surface area contributed by atoms with Gasteiger partial charge in [0.2, 0.25) is 5.88 Å². The predicted molar refractivity (Wildman–Crippen MR) is 105 cm³/mol. The summed E-state index contributed by atoms with van der Waals surface area (Å²) >= 11 is 0. The number of imidazole rings is 1. The zero-order valence-electron chi connectivity index (χ0n) is 15.6. The van der Waals surface area contributed by atoms with Crippen LogP contribution in [0.25, 0.3) is 5.69 Å². The first-order valence-electron chi connectivity index (χ1n) is 8.81. The Morgan fingerprint density at radius 2 is 2.04 bits per heavy atom. The van der Waals surface area contributed by atoms with E-state index in [0.717, 1.165) is 10.3 Å². The molecule has 2 heterocycles. The highest BCUT2D eigenvalue weighted by atomic mass is 16.5. The predicted octanol–water partition coefficient (Wildman–Crippen LogP) is 1.40. The fraction of sp³-hybridized carbons (Fsp3) is 0.263. The molecule has 3 aromatic rings. The standard InChI is InChI=1S/C19H21N5O4/c1-3-28-15-6-4-14(5-7-15)24-18(26)16(17(25)23-19(24)27)12(2)21-9-8-13-10-20-11-22-13/h4-7,10-11,26H,3,8-9H2,1-2H3,(H,20,22)(H,23,25,27). The highest BCUT2D eigenvalue weighted by Crippen LogP contribution is 2.20. The van der Waals surface area contributed by atoms with Crippen molar-refractivity contribution in [2.24, 2.45) is 4.99 Å². The third-order valence-electron chi connectivity index (χ3n) is 4.14. The van der Waals surface area contributed by atoms with Crippen molar-refractivity contribution in [3.8, 4) is 17.3 Å². The van der Waals surface area contributed by atoms with Crippen LogP contribution in [0.1, 0.15) is 25.1 Å². The van der Waals surface area contributed by atoms with Crippen LogP contribution in [0.5, 0.6) is 11.6 Å². The Labute approximate surface area is 160 Å². The lowest BCUT2D eigenvalue weighted by Gasteiger charge is -2.12. The molecule has 2 aromatic heterocycles. The quantitative estimate of drug-likeness (QED) is 0.532. The number of nitrogens with one attached hydrogen (secondary N) is 2. The van der Waals surface area contributed by atoms with Gasteiger partial charge in [-0.1, -0.05) is 0 Å². The largest absolute Gasteiger partial charge is 0.494 e. The van der Waals surface area contributed by atoms with Crippen molar-refractivity contribution in [2.45, 2.75) is 20.3 Å². The van der Waals surface area contributed by atoms with Gasteiger partial charge in [-0.25, -0.2) is 14.3 Å². The van der Waals surface area contributed by atoms with E-state index in [2.05, 4.69) is 19.9 Å². The SMILES string of the molecule is CCOc1ccc(-n2c(O)c(C(C)=NCCc3cnc[nH]3)c(=O)[nH]c2=O)cc1. The summed E-state index contributed by atoms with van der Waals surface area (Å²) in [6, 6.07) is 6.61. The molecule has 0 unspecified atom stereocenters. The smallest absolute Gasteiger partial charge is 0.335 e. The molecule has 0 fully saturated rings. The zero-order chi connectivity index (χ0) is 20.1. The summed E-state index contributed by atoms with van der Waals surface area (Å²) in [4.78, 5) is 38.0. The van der Waals surface area contributed by atoms with Crippen molar-refractivity contribution in [3.63, 3.8) is 0 Å². The molecule has 0 bridgehead atoms. The van der Waals surface area contributed by atoms with E-state index in [9.17, 15) is 14.7 Å². The molecule has 9 heteroatoms. The second-order valence-corrected chi connectivity index (χ2v) is 6.01. The molecule has 146 valence electrons. The lowest BCUT2D eigenvalue weighted by Crippen LogP contribution is -2.32. The minimum atomic E-state index is -0.735. The van der Waals surface area contributed by atoms with E-state index in [-0.39, 0.29) is 5.56 Å². The van der Waals surface area contributed by atoms with E-state index in [1.165, 1.54) is 0 Å². The number of hydrogen-bond acceptors (Lipinski definition) is 6. The topological polar surface area (TPSA) is 125 Å². The molecule has 0 radical (unpaired) electrons. The van der Waals surface area contributed by atoms with Crippen LogP contribution >= 0.6 is 0 Å². The van der Waals surface area contributed by atoms with Gasteiger partial charge in [0.1, 0.15) is 11.3 Å². The summed E-state index contributed by atoms with van der Waals surface area (Å²) in [7, 11) is 0. The highest BCUT2D eigenvalue weighted by Gasteiger charge is 2.17. The van der Waals surface area contributed by atoms with Gasteiger partial charge in [0.15, 0.2) is 0 Å². The van der Waals surface area contributed by atoms with Gasteiger partial charge in [-0.2, -0.15) is 0 Å². The molecule has 1 aromatic carbocycles. The van der Waals surface area contributed by atoms with Gasteiger partial charge in [0, 0.05) is 30.6 Å².